The summed E-state index contributed by atoms with van der Waals surface area (Å²) >= 11 is 5.80. The molecule has 2 heterocycles. The molecule has 1 aliphatic heterocycles. The molecule has 0 unspecified atom stereocenters. The highest BCUT2D eigenvalue weighted by Crippen LogP contribution is 2.23. The molecule has 1 aliphatic rings. The first-order chi connectivity index (χ1) is 8.59. The van der Waals surface area contributed by atoms with Gasteiger partial charge in [-0.2, -0.15) is 0 Å². The van der Waals surface area contributed by atoms with Crippen LogP contribution < -0.4 is 4.90 Å². The summed E-state index contributed by atoms with van der Waals surface area (Å²) in [6, 6.07) is 3.64. The van der Waals surface area contributed by atoms with E-state index in [1.54, 1.807) is 12.1 Å². The highest BCUT2D eigenvalue weighted by atomic mass is 35.5. The number of halogens is 1. The molecule has 1 aromatic heterocycles. The van der Waals surface area contributed by atoms with Gasteiger partial charge in [0.25, 0.3) is 0 Å². The third-order valence-electron chi connectivity index (χ3n) is 3.13. The SMILES string of the molecule is CN(c1ccc(Cl)c(C(=O)O)n1)C1CCOCC1. The predicted molar refractivity (Wildman–Crippen MR) is 68.5 cm³/mol. The Morgan fingerprint density at radius 3 is 2.78 bits per heavy atom. The van der Waals surface area contributed by atoms with Gasteiger partial charge < -0.3 is 14.7 Å². The van der Waals surface area contributed by atoms with Crippen molar-refractivity contribution in [2.24, 2.45) is 0 Å². The quantitative estimate of drug-likeness (QED) is 0.911. The zero-order chi connectivity index (χ0) is 13.1. The number of nitrogens with zero attached hydrogens (tertiary/aromatic N) is 2. The average molecular weight is 271 g/mol. The van der Waals surface area contributed by atoms with Crippen LogP contribution in [-0.2, 0) is 4.74 Å². The molecule has 0 bridgehead atoms. The van der Waals surface area contributed by atoms with Gasteiger partial charge >= 0.3 is 5.97 Å². The number of anilines is 1. The Bertz CT molecular complexity index is 447. The number of aromatic nitrogens is 1. The fourth-order valence-electron chi connectivity index (χ4n) is 2.04. The number of hydrogen-bond acceptors (Lipinski definition) is 4. The van der Waals surface area contributed by atoms with Crippen LogP contribution in [0.15, 0.2) is 12.1 Å². The lowest BCUT2D eigenvalue weighted by molar-refractivity contribution is 0.0690. The van der Waals surface area contributed by atoms with Crippen molar-refractivity contribution < 1.29 is 14.6 Å². The van der Waals surface area contributed by atoms with Gasteiger partial charge in [-0.15, -0.1) is 0 Å². The molecule has 0 amide bonds. The van der Waals surface area contributed by atoms with Crippen molar-refractivity contribution in [1.82, 2.24) is 4.98 Å². The first kappa shape index (κ1) is 13.1. The molecule has 0 saturated carbocycles. The molecular weight excluding hydrogens is 256 g/mol. The van der Waals surface area contributed by atoms with Crippen LogP contribution in [0, 0.1) is 0 Å². The van der Waals surface area contributed by atoms with Gasteiger partial charge in [-0.1, -0.05) is 11.6 Å². The maximum absolute atomic E-state index is 11.0. The molecule has 0 spiro atoms. The van der Waals surface area contributed by atoms with Crippen LogP contribution in [0.2, 0.25) is 5.02 Å². The normalized spacial score (nSPS) is 16.6. The Hall–Kier alpha value is -1.33. The van der Waals surface area contributed by atoms with Crippen LogP contribution in [0.4, 0.5) is 5.82 Å². The second-order valence-electron chi connectivity index (χ2n) is 4.26. The zero-order valence-corrected chi connectivity index (χ0v) is 10.9. The molecule has 1 N–H and O–H groups in total. The van der Waals surface area contributed by atoms with E-state index in [9.17, 15) is 4.79 Å². The van der Waals surface area contributed by atoms with Crippen molar-refractivity contribution in [3.05, 3.63) is 22.8 Å². The lowest BCUT2D eigenvalue weighted by Gasteiger charge is -2.32. The second-order valence-corrected chi connectivity index (χ2v) is 4.67. The molecule has 98 valence electrons. The van der Waals surface area contributed by atoms with Crippen LogP contribution in [0.1, 0.15) is 23.3 Å². The third-order valence-corrected chi connectivity index (χ3v) is 3.44. The number of hydrogen-bond donors (Lipinski definition) is 1. The smallest absolute Gasteiger partial charge is 0.356 e. The lowest BCUT2D eigenvalue weighted by atomic mass is 10.1. The number of rotatable bonds is 3. The summed E-state index contributed by atoms with van der Waals surface area (Å²) in [5.74, 6) is -0.481. The van der Waals surface area contributed by atoms with Crippen molar-refractivity contribution in [2.45, 2.75) is 18.9 Å². The number of carboxylic acids is 1. The number of ether oxygens (including phenoxy) is 1. The summed E-state index contributed by atoms with van der Waals surface area (Å²) in [6.45, 7) is 1.46. The maximum Gasteiger partial charge on any atom is 0.356 e. The van der Waals surface area contributed by atoms with E-state index < -0.39 is 5.97 Å². The van der Waals surface area contributed by atoms with Gasteiger partial charge in [0.15, 0.2) is 5.69 Å². The van der Waals surface area contributed by atoms with Gasteiger partial charge in [0, 0.05) is 26.3 Å². The minimum absolute atomic E-state index is 0.104. The summed E-state index contributed by atoms with van der Waals surface area (Å²) in [5, 5.41) is 9.16. The molecule has 1 saturated heterocycles. The third kappa shape index (κ3) is 2.73. The molecule has 1 fully saturated rings. The topological polar surface area (TPSA) is 62.7 Å². The van der Waals surface area contributed by atoms with E-state index in [1.165, 1.54) is 0 Å². The highest BCUT2D eigenvalue weighted by molar-refractivity contribution is 6.33. The monoisotopic (exact) mass is 270 g/mol. The van der Waals surface area contributed by atoms with Crippen molar-refractivity contribution in [2.75, 3.05) is 25.2 Å². The van der Waals surface area contributed by atoms with Crippen LogP contribution in [0.3, 0.4) is 0 Å². The molecule has 0 aliphatic carbocycles. The summed E-state index contributed by atoms with van der Waals surface area (Å²) in [4.78, 5) is 17.1. The van der Waals surface area contributed by atoms with Gasteiger partial charge in [-0.25, -0.2) is 9.78 Å². The Morgan fingerprint density at radius 1 is 1.50 bits per heavy atom. The summed E-state index contributed by atoms with van der Waals surface area (Å²) in [6.07, 6.45) is 1.84. The van der Waals surface area contributed by atoms with E-state index in [0.717, 1.165) is 26.1 Å². The molecule has 0 aromatic carbocycles. The fraction of sp³-hybridized carbons (Fsp3) is 0.500. The largest absolute Gasteiger partial charge is 0.476 e. The molecule has 1 aromatic rings. The lowest BCUT2D eigenvalue weighted by Crippen LogP contribution is -2.37. The van der Waals surface area contributed by atoms with Gasteiger partial charge in [0.1, 0.15) is 5.82 Å². The minimum Gasteiger partial charge on any atom is -0.476 e. The zero-order valence-electron chi connectivity index (χ0n) is 10.1. The standard InChI is InChI=1S/C12H15ClN2O3/c1-15(8-4-6-18-7-5-8)10-3-2-9(13)11(14-10)12(16)17/h2-3,8H,4-7H2,1H3,(H,16,17). The summed E-state index contributed by atoms with van der Waals surface area (Å²) < 4.78 is 5.30. The maximum atomic E-state index is 11.0. The number of carboxylic acid groups (broad SMARTS) is 1. The molecule has 5 nitrogen and oxygen atoms in total. The van der Waals surface area contributed by atoms with Crippen molar-refractivity contribution >= 4 is 23.4 Å². The molecule has 0 atom stereocenters. The van der Waals surface area contributed by atoms with Crippen LogP contribution in [-0.4, -0.2) is 42.4 Å². The molecule has 6 heteroatoms. The van der Waals surface area contributed by atoms with E-state index in [-0.39, 0.29) is 10.7 Å². The van der Waals surface area contributed by atoms with Gasteiger partial charge in [-0.3, -0.25) is 0 Å². The van der Waals surface area contributed by atoms with Crippen molar-refractivity contribution in [3.63, 3.8) is 0 Å². The predicted octanol–water partition coefficient (Wildman–Crippen LogP) is 2.05. The first-order valence-electron chi connectivity index (χ1n) is 5.80. The number of pyridine rings is 1. The number of carbonyl (C=O) groups is 1. The summed E-state index contributed by atoms with van der Waals surface area (Å²) in [7, 11) is 1.91. The van der Waals surface area contributed by atoms with Crippen LogP contribution in [0.5, 0.6) is 0 Å². The Kier molecular flexibility index (Phi) is 4.04. The van der Waals surface area contributed by atoms with Gasteiger partial charge in [0.2, 0.25) is 0 Å². The van der Waals surface area contributed by atoms with E-state index in [4.69, 9.17) is 21.4 Å². The van der Waals surface area contributed by atoms with Gasteiger partial charge in [0.05, 0.1) is 5.02 Å². The highest BCUT2D eigenvalue weighted by Gasteiger charge is 2.21. The Morgan fingerprint density at radius 2 is 2.17 bits per heavy atom. The molecule has 0 radical (unpaired) electrons. The van der Waals surface area contributed by atoms with Crippen LogP contribution >= 0.6 is 11.6 Å². The summed E-state index contributed by atoms with van der Waals surface area (Å²) in [5.41, 5.74) is -0.104. The van der Waals surface area contributed by atoms with E-state index in [0.29, 0.717) is 11.9 Å². The first-order valence-corrected chi connectivity index (χ1v) is 6.18. The average Bonchev–Trinajstić information content (AvgIpc) is 2.39. The Labute approximate surface area is 110 Å². The second kappa shape index (κ2) is 5.54. The fourth-order valence-corrected chi connectivity index (χ4v) is 2.22. The minimum atomic E-state index is -1.11. The van der Waals surface area contributed by atoms with E-state index >= 15 is 0 Å². The van der Waals surface area contributed by atoms with E-state index in [1.807, 2.05) is 11.9 Å². The van der Waals surface area contributed by atoms with Gasteiger partial charge in [-0.05, 0) is 25.0 Å². The van der Waals surface area contributed by atoms with Crippen LogP contribution in [0.25, 0.3) is 0 Å². The number of aromatic carboxylic acids is 1. The molecule has 18 heavy (non-hydrogen) atoms. The van der Waals surface area contributed by atoms with Crippen molar-refractivity contribution in [1.29, 1.82) is 0 Å². The molecule has 2 rings (SSSR count). The Balaban J connectivity index is 2.21. The van der Waals surface area contributed by atoms with E-state index in [2.05, 4.69) is 4.98 Å². The van der Waals surface area contributed by atoms with Crippen molar-refractivity contribution in [3.8, 4) is 0 Å². The molecular formula is C12H15ClN2O3.